The molecule has 5 nitrogen and oxygen atoms in total. The quantitative estimate of drug-likeness (QED) is 0.279. The molecule has 126 valence electrons. The standard InChI is InChI=1S/C16H27N3O2.HI/c1-4-17-16(19-11-13-20-3)18-10-7-12-21-15-9-6-5-8-14(15)2;/h5-6,8-9H,4,7,10-13H2,1-3H3,(H2,17,18,19);1H. The molecule has 6 heteroatoms. The Morgan fingerprint density at radius 3 is 2.64 bits per heavy atom. The van der Waals surface area contributed by atoms with Crippen molar-refractivity contribution in [2.45, 2.75) is 20.3 Å². The van der Waals surface area contributed by atoms with Crippen LogP contribution in [0.25, 0.3) is 0 Å². The van der Waals surface area contributed by atoms with Crippen molar-refractivity contribution in [1.82, 2.24) is 10.6 Å². The molecule has 0 heterocycles. The van der Waals surface area contributed by atoms with Gasteiger partial charge in [0.2, 0.25) is 0 Å². The van der Waals surface area contributed by atoms with Crippen LogP contribution in [-0.2, 0) is 4.74 Å². The zero-order valence-electron chi connectivity index (χ0n) is 13.7. The van der Waals surface area contributed by atoms with E-state index in [2.05, 4.69) is 35.5 Å². The largest absolute Gasteiger partial charge is 0.493 e. The highest BCUT2D eigenvalue weighted by atomic mass is 127. The molecule has 0 unspecified atom stereocenters. The fourth-order valence-electron chi connectivity index (χ4n) is 1.77. The Labute approximate surface area is 150 Å². The minimum atomic E-state index is 0. The predicted octanol–water partition coefficient (Wildman–Crippen LogP) is 2.58. The van der Waals surface area contributed by atoms with Crippen LogP contribution < -0.4 is 15.4 Å². The number of hydrogen-bond acceptors (Lipinski definition) is 3. The van der Waals surface area contributed by atoms with E-state index in [-0.39, 0.29) is 24.0 Å². The fraction of sp³-hybridized carbons (Fsp3) is 0.562. The van der Waals surface area contributed by atoms with E-state index in [1.165, 1.54) is 0 Å². The minimum absolute atomic E-state index is 0. The molecular weight excluding hydrogens is 393 g/mol. The molecule has 2 N–H and O–H groups in total. The van der Waals surface area contributed by atoms with Crippen LogP contribution in [0.5, 0.6) is 5.75 Å². The van der Waals surface area contributed by atoms with Crippen molar-refractivity contribution in [3.8, 4) is 5.75 Å². The predicted molar refractivity (Wildman–Crippen MR) is 103 cm³/mol. The molecule has 0 saturated carbocycles. The van der Waals surface area contributed by atoms with Gasteiger partial charge in [-0.3, -0.25) is 4.99 Å². The number of para-hydroxylation sites is 1. The summed E-state index contributed by atoms with van der Waals surface area (Å²) in [5.41, 5.74) is 1.16. The molecule has 1 aromatic carbocycles. The van der Waals surface area contributed by atoms with E-state index in [4.69, 9.17) is 9.47 Å². The highest BCUT2D eigenvalue weighted by Gasteiger charge is 1.98. The maximum atomic E-state index is 5.75. The summed E-state index contributed by atoms with van der Waals surface area (Å²) in [5.74, 6) is 1.78. The third kappa shape index (κ3) is 9.09. The summed E-state index contributed by atoms with van der Waals surface area (Å²) in [6.45, 7) is 7.77. The van der Waals surface area contributed by atoms with Crippen molar-refractivity contribution in [1.29, 1.82) is 0 Å². The van der Waals surface area contributed by atoms with Gasteiger partial charge in [0.1, 0.15) is 5.75 Å². The Morgan fingerprint density at radius 1 is 1.18 bits per heavy atom. The molecule has 1 rings (SSSR count). The van der Waals surface area contributed by atoms with Gasteiger partial charge in [-0.05, 0) is 25.5 Å². The van der Waals surface area contributed by atoms with Gasteiger partial charge >= 0.3 is 0 Å². The van der Waals surface area contributed by atoms with Gasteiger partial charge in [0.15, 0.2) is 5.96 Å². The van der Waals surface area contributed by atoms with Crippen molar-refractivity contribution in [2.24, 2.45) is 4.99 Å². The molecule has 0 radical (unpaired) electrons. The summed E-state index contributed by atoms with van der Waals surface area (Å²) in [6, 6.07) is 8.05. The molecule has 0 spiro atoms. The van der Waals surface area contributed by atoms with Gasteiger partial charge in [-0.25, -0.2) is 0 Å². The molecule has 0 aliphatic rings. The van der Waals surface area contributed by atoms with Gasteiger partial charge in [-0.1, -0.05) is 18.2 Å². The number of nitrogens with one attached hydrogen (secondary N) is 2. The van der Waals surface area contributed by atoms with Crippen molar-refractivity contribution in [3.63, 3.8) is 0 Å². The topological polar surface area (TPSA) is 54.9 Å². The number of halogens is 1. The zero-order valence-corrected chi connectivity index (χ0v) is 16.1. The van der Waals surface area contributed by atoms with Gasteiger partial charge < -0.3 is 20.1 Å². The lowest BCUT2D eigenvalue weighted by Gasteiger charge is -2.11. The van der Waals surface area contributed by atoms with E-state index in [1.54, 1.807) is 7.11 Å². The summed E-state index contributed by atoms with van der Waals surface area (Å²) < 4.78 is 10.8. The van der Waals surface area contributed by atoms with Crippen molar-refractivity contribution >= 4 is 29.9 Å². The molecule has 0 aromatic heterocycles. The van der Waals surface area contributed by atoms with Crippen LogP contribution in [0.3, 0.4) is 0 Å². The smallest absolute Gasteiger partial charge is 0.191 e. The summed E-state index contributed by atoms with van der Waals surface area (Å²) in [5, 5.41) is 6.41. The van der Waals surface area contributed by atoms with E-state index >= 15 is 0 Å². The summed E-state index contributed by atoms with van der Waals surface area (Å²) >= 11 is 0. The lowest BCUT2D eigenvalue weighted by atomic mass is 10.2. The molecule has 0 saturated heterocycles. The number of aryl methyl sites for hydroxylation is 1. The number of guanidine groups is 1. The van der Waals surface area contributed by atoms with E-state index in [9.17, 15) is 0 Å². The molecule has 0 amide bonds. The second-order valence-corrected chi connectivity index (χ2v) is 4.65. The molecule has 0 aliphatic carbocycles. The Hall–Kier alpha value is -1.02. The maximum Gasteiger partial charge on any atom is 0.191 e. The normalized spacial score (nSPS) is 10.8. The second-order valence-electron chi connectivity index (χ2n) is 4.65. The number of methoxy groups -OCH3 is 1. The average molecular weight is 421 g/mol. The maximum absolute atomic E-state index is 5.75. The van der Waals surface area contributed by atoms with Crippen LogP contribution in [0.4, 0.5) is 0 Å². The van der Waals surface area contributed by atoms with Gasteiger partial charge in [-0.2, -0.15) is 0 Å². The number of hydrogen-bond donors (Lipinski definition) is 2. The molecule has 1 aromatic rings. The van der Waals surface area contributed by atoms with E-state index in [0.717, 1.165) is 43.3 Å². The van der Waals surface area contributed by atoms with Crippen LogP contribution in [-0.4, -0.2) is 45.9 Å². The SMILES string of the molecule is CCNC(=NCCCOc1ccccc1C)NCCOC.I. The molecule has 0 fully saturated rings. The van der Waals surface area contributed by atoms with Crippen LogP contribution in [0.2, 0.25) is 0 Å². The monoisotopic (exact) mass is 421 g/mol. The highest BCUT2D eigenvalue weighted by molar-refractivity contribution is 14.0. The number of ether oxygens (including phenoxy) is 2. The first-order chi connectivity index (χ1) is 10.3. The molecule has 22 heavy (non-hydrogen) atoms. The Kier molecular flexibility index (Phi) is 13.0. The van der Waals surface area contributed by atoms with Gasteiger partial charge in [0, 0.05) is 33.2 Å². The van der Waals surface area contributed by atoms with Crippen molar-refractivity contribution < 1.29 is 9.47 Å². The zero-order chi connectivity index (χ0) is 15.3. The Morgan fingerprint density at radius 2 is 1.95 bits per heavy atom. The first-order valence-corrected chi connectivity index (χ1v) is 7.47. The average Bonchev–Trinajstić information content (AvgIpc) is 2.49. The molecule has 0 atom stereocenters. The molecule has 0 aliphatic heterocycles. The van der Waals surface area contributed by atoms with Gasteiger partial charge in [0.05, 0.1) is 13.2 Å². The first kappa shape index (κ1) is 21.0. The summed E-state index contributed by atoms with van der Waals surface area (Å²) in [7, 11) is 1.69. The Bertz CT molecular complexity index is 428. The van der Waals surface area contributed by atoms with Crippen molar-refractivity contribution in [2.75, 3.05) is 40.0 Å². The lowest BCUT2D eigenvalue weighted by Crippen LogP contribution is -2.39. The number of aliphatic imine (C=N–C) groups is 1. The van der Waals surface area contributed by atoms with Crippen molar-refractivity contribution in [3.05, 3.63) is 29.8 Å². The van der Waals surface area contributed by atoms with Crippen LogP contribution in [0.1, 0.15) is 18.9 Å². The van der Waals surface area contributed by atoms with E-state index in [0.29, 0.717) is 13.2 Å². The number of benzene rings is 1. The van der Waals surface area contributed by atoms with E-state index in [1.807, 2.05) is 18.2 Å². The third-order valence-electron chi connectivity index (χ3n) is 2.87. The second kappa shape index (κ2) is 13.6. The molecule has 0 bridgehead atoms. The highest BCUT2D eigenvalue weighted by Crippen LogP contribution is 2.15. The summed E-state index contributed by atoms with van der Waals surface area (Å²) in [6.07, 6.45) is 0.884. The van der Waals surface area contributed by atoms with Gasteiger partial charge in [-0.15, -0.1) is 24.0 Å². The number of nitrogens with zero attached hydrogens (tertiary/aromatic N) is 1. The minimum Gasteiger partial charge on any atom is -0.493 e. The van der Waals surface area contributed by atoms with E-state index < -0.39 is 0 Å². The summed E-state index contributed by atoms with van der Waals surface area (Å²) in [4.78, 5) is 4.50. The van der Waals surface area contributed by atoms with Gasteiger partial charge in [0.25, 0.3) is 0 Å². The number of rotatable bonds is 9. The fourth-order valence-corrected chi connectivity index (χ4v) is 1.77. The Balaban J connectivity index is 0.00000441. The third-order valence-corrected chi connectivity index (χ3v) is 2.87. The van der Waals surface area contributed by atoms with Crippen LogP contribution in [0, 0.1) is 6.92 Å². The first-order valence-electron chi connectivity index (χ1n) is 7.47. The lowest BCUT2D eigenvalue weighted by molar-refractivity contribution is 0.203. The van der Waals surface area contributed by atoms with Crippen LogP contribution >= 0.6 is 24.0 Å². The van der Waals surface area contributed by atoms with Crippen LogP contribution in [0.15, 0.2) is 29.3 Å². The molecular formula is C16H28IN3O2.